The van der Waals surface area contributed by atoms with Crippen LogP contribution in [-0.4, -0.2) is 61.1 Å². The third-order valence-corrected chi connectivity index (χ3v) is 10.4. The zero-order valence-corrected chi connectivity index (χ0v) is 27.5. The van der Waals surface area contributed by atoms with Crippen LogP contribution < -0.4 is 16.0 Å². The lowest BCUT2D eigenvalue weighted by Crippen LogP contribution is -2.50. The van der Waals surface area contributed by atoms with Crippen LogP contribution in [0, 0.1) is 6.92 Å². The molecule has 13 heteroatoms. The Labute approximate surface area is 269 Å². The highest BCUT2D eigenvalue weighted by Crippen LogP contribution is 2.45. The molecule has 12 nitrogen and oxygen atoms in total. The van der Waals surface area contributed by atoms with Gasteiger partial charge >= 0.3 is 11.7 Å². The van der Waals surface area contributed by atoms with E-state index in [1.54, 1.807) is 44.8 Å². The fourth-order valence-corrected chi connectivity index (χ4v) is 8.08. The predicted octanol–water partition coefficient (Wildman–Crippen LogP) is 4.42. The molecule has 0 unspecified atom stereocenters. The first-order valence-corrected chi connectivity index (χ1v) is 16.6. The number of thiophene rings is 1. The van der Waals surface area contributed by atoms with Crippen molar-refractivity contribution in [1.82, 2.24) is 24.1 Å². The summed E-state index contributed by atoms with van der Waals surface area (Å²) in [5.41, 5.74) is -1.86. The number of aromatic nitrogens is 5. The Bertz CT molecular complexity index is 1890. The fourth-order valence-electron chi connectivity index (χ4n) is 6.86. The minimum absolute atomic E-state index is 0.0799. The first-order chi connectivity index (χ1) is 22.0. The summed E-state index contributed by atoms with van der Waals surface area (Å²) < 4.78 is 27.2. The van der Waals surface area contributed by atoms with E-state index in [-0.39, 0.29) is 24.9 Å². The van der Waals surface area contributed by atoms with Gasteiger partial charge in [0.1, 0.15) is 27.3 Å². The lowest BCUT2D eigenvalue weighted by molar-refractivity contribution is -0.161. The van der Waals surface area contributed by atoms with Crippen molar-refractivity contribution >= 4 is 27.5 Å². The molecule has 46 heavy (non-hydrogen) atoms. The van der Waals surface area contributed by atoms with Crippen LogP contribution in [0.4, 0.5) is 0 Å². The highest BCUT2D eigenvalue weighted by atomic mass is 32.1. The van der Waals surface area contributed by atoms with E-state index in [0.717, 1.165) is 35.8 Å². The summed E-state index contributed by atoms with van der Waals surface area (Å²) >= 11 is 1.26. The number of benzene rings is 1. The molecule has 2 bridgehead atoms. The number of aryl methyl sites for hydroxylation is 1. The Balaban J connectivity index is 1.41. The Morgan fingerprint density at radius 2 is 1.78 bits per heavy atom. The number of methoxy groups -OCH3 is 1. The van der Waals surface area contributed by atoms with Gasteiger partial charge in [0.25, 0.3) is 5.56 Å². The summed E-state index contributed by atoms with van der Waals surface area (Å²) in [6, 6.07) is 7.62. The largest absolute Gasteiger partial charge is 0.496 e. The number of rotatable bonds is 9. The maximum Gasteiger partial charge on any atom is 0.333 e. The van der Waals surface area contributed by atoms with Crippen molar-refractivity contribution in [1.29, 1.82) is 0 Å². The number of carbonyl (C=O) groups excluding carboxylic acids is 1. The van der Waals surface area contributed by atoms with Crippen molar-refractivity contribution in [2.75, 3.05) is 7.11 Å². The van der Waals surface area contributed by atoms with Crippen molar-refractivity contribution in [3.63, 3.8) is 0 Å². The van der Waals surface area contributed by atoms with Gasteiger partial charge in [-0.1, -0.05) is 29.5 Å². The minimum Gasteiger partial charge on any atom is -0.496 e. The minimum atomic E-state index is -1.38. The second-order valence-electron chi connectivity index (χ2n) is 13.5. The summed E-state index contributed by atoms with van der Waals surface area (Å²) in [5.74, 6) is 0.0542. The van der Waals surface area contributed by atoms with Crippen molar-refractivity contribution in [3.8, 4) is 10.8 Å². The molecule has 3 aliphatic rings. The average Bonchev–Trinajstić information content (AvgIpc) is 3.29. The third-order valence-electron chi connectivity index (χ3n) is 9.16. The van der Waals surface area contributed by atoms with Crippen LogP contribution in [0.5, 0.6) is 5.75 Å². The van der Waals surface area contributed by atoms with E-state index in [4.69, 9.17) is 18.9 Å². The highest BCUT2D eigenvalue weighted by molar-refractivity contribution is 7.21. The first-order valence-electron chi connectivity index (χ1n) is 15.8. The van der Waals surface area contributed by atoms with Crippen molar-refractivity contribution in [2.24, 2.45) is 0 Å². The van der Waals surface area contributed by atoms with Crippen molar-refractivity contribution in [3.05, 3.63) is 68.6 Å². The number of hydrogen-bond donors (Lipinski definition) is 0. The number of carbonyl (C=O) groups is 1. The number of fused-ring (bicyclic) bond motifs is 3. The van der Waals surface area contributed by atoms with Crippen LogP contribution in [0.25, 0.3) is 15.2 Å². The lowest BCUT2D eigenvalue weighted by Gasteiger charge is -2.32. The Morgan fingerprint density at radius 3 is 2.41 bits per heavy atom. The molecule has 0 amide bonds. The average molecular weight is 650 g/mol. The second-order valence-corrected chi connectivity index (χ2v) is 14.5. The molecule has 5 heterocycles. The third kappa shape index (κ3) is 5.37. The molecule has 0 spiro atoms. The van der Waals surface area contributed by atoms with Gasteiger partial charge in [0.15, 0.2) is 5.54 Å². The maximum atomic E-state index is 14.7. The standard InChI is InChI=1S/C33H39N5O7S/c1-19-26-27(39)37(33(12-13-33)30(40)45-32(2,3)4)31(41)36(29(26)46-28(19)38-34-14-15-35-38)18-25(23-8-6-7-9-24(23)42-5)44-22-16-20-10-11-21(17-22)43-20/h6-9,14-15,20-22,25H,10-13,16-18H2,1-5H3/t20-,21+,22-,25-/m0/s1. The summed E-state index contributed by atoms with van der Waals surface area (Å²) in [6.45, 7) is 7.22. The number of nitrogens with zero attached hydrogens (tertiary/aromatic N) is 5. The Morgan fingerprint density at radius 1 is 1.11 bits per heavy atom. The zero-order valence-electron chi connectivity index (χ0n) is 26.7. The molecule has 2 aliphatic heterocycles. The van der Waals surface area contributed by atoms with Gasteiger partial charge in [-0.15, -0.1) is 4.80 Å². The summed E-state index contributed by atoms with van der Waals surface area (Å²) in [4.78, 5) is 44.6. The molecule has 2 saturated heterocycles. The zero-order chi connectivity index (χ0) is 32.4. The van der Waals surface area contributed by atoms with E-state index in [2.05, 4.69) is 10.2 Å². The molecule has 4 atom stereocenters. The van der Waals surface area contributed by atoms with E-state index >= 15 is 0 Å². The SMILES string of the molecule is COc1ccccc1[C@H](Cn1c(=O)n(C2(C(=O)OC(C)(C)C)CC2)c(=O)c2c(C)c(-n3nccn3)sc21)O[C@@H]1C[C@H]2CC[C@@H](C1)O2. The molecule has 0 radical (unpaired) electrons. The van der Waals surface area contributed by atoms with Crippen LogP contribution >= 0.6 is 11.3 Å². The summed E-state index contributed by atoms with van der Waals surface area (Å²) in [7, 11) is 1.61. The Kier molecular flexibility index (Phi) is 7.68. The topological polar surface area (TPSA) is 129 Å². The number of hydrogen-bond acceptors (Lipinski definition) is 10. The van der Waals surface area contributed by atoms with Crippen LogP contribution in [-0.2, 0) is 31.1 Å². The van der Waals surface area contributed by atoms with Crippen LogP contribution in [0.1, 0.15) is 76.5 Å². The molecular formula is C33H39N5O7S. The van der Waals surface area contributed by atoms with Crippen molar-refractivity contribution in [2.45, 2.75) is 108 Å². The molecule has 3 aromatic heterocycles. The maximum absolute atomic E-state index is 14.7. The molecule has 0 N–H and O–H groups in total. The van der Waals surface area contributed by atoms with E-state index in [1.807, 2.05) is 31.2 Å². The van der Waals surface area contributed by atoms with Gasteiger partial charge in [0, 0.05) is 11.1 Å². The van der Waals surface area contributed by atoms with E-state index in [1.165, 1.54) is 16.1 Å². The lowest BCUT2D eigenvalue weighted by atomic mass is 10.0. The molecule has 4 aromatic rings. The quantitative estimate of drug-likeness (QED) is 0.242. The fraction of sp³-hybridized carbons (Fsp3) is 0.545. The molecule has 1 aromatic carbocycles. The van der Waals surface area contributed by atoms with E-state index < -0.39 is 34.5 Å². The van der Waals surface area contributed by atoms with Crippen LogP contribution in [0.15, 0.2) is 46.2 Å². The van der Waals surface area contributed by atoms with Gasteiger partial charge in [-0.05, 0) is 72.3 Å². The molecule has 1 saturated carbocycles. The normalized spacial score (nSPS) is 22.6. The smallest absolute Gasteiger partial charge is 0.333 e. The number of ether oxygens (including phenoxy) is 4. The number of esters is 1. The monoisotopic (exact) mass is 649 g/mol. The van der Waals surface area contributed by atoms with E-state index in [9.17, 15) is 14.4 Å². The van der Waals surface area contributed by atoms with Crippen molar-refractivity contribution < 1.29 is 23.7 Å². The summed E-state index contributed by atoms with van der Waals surface area (Å²) in [5, 5.41) is 9.55. The van der Waals surface area contributed by atoms with Crippen LogP contribution in [0.2, 0.25) is 0 Å². The van der Waals surface area contributed by atoms with Crippen LogP contribution in [0.3, 0.4) is 0 Å². The van der Waals surface area contributed by atoms with Gasteiger partial charge in [0.2, 0.25) is 0 Å². The van der Waals surface area contributed by atoms with Gasteiger partial charge in [-0.3, -0.25) is 9.36 Å². The predicted molar refractivity (Wildman–Crippen MR) is 171 cm³/mol. The highest BCUT2D eigenvalue weighted by Gasteiger charge is 2.56. The second kappa shape index (κ2) is 11.5. The molecule has 3 fully saturated rings. The molecule has 244 valence electrons. The molecular weight excluding hydrogens is 610 g/mol. The first kappa shape index (κ1) is 30.8. The molecule has 7 rings (SSSR count). The number of para-hydroxylation sites is 1. The van der Waals surface area contributed by atoms with E-state index in [0.29, 0.717) is 39.4 Å². The molecule has 1 aliphatic carbocycles. The Hall–Kier alpha value is -3.81. The summed E-state index contributed by atoms with van der Waals surface area (Å²) in [6.07, 6.45) is 6.97. The van der Waals surface area contributed by atoms with Gasteiger partial charge < -0.3 is 18.9 Å². The van der Waals surface area contributed by atoms with Gasteiger partial charge in [0.05, 0.1) is 49.7 Å². The van der Waals surface area contributed by atoms with Gasteiger partial charge in [-0.2, -0.15) is 10.2 Å². The van der Waals surface area contributed by atoms with Gasteiger partial charge in [-0.25, -0.2) is 14.2 Å².